The number of carboxylic acids is 1. The van der Waals surface area contributed by atoms with Crippen LogP contribution in [0, 0.1) is 0 Å². The Bertz CT molecular complexity index is 491. The van der Waals surface area contributed by atoms with Crippen LogP contribution in [0.1, 0.15) is 29.6 Å². The van der Waals surface area contributed by atoms with Crippen LogP contribution < -0.4 is 11.1 Å². The molecule has 0 spiro atoms. The van der Waals surface area contributed by atoms with Gasteiger partial charge in [-0.15, -0.1) is 0 Å². The summed E-state index contributed by atoms with van der Waals surface area (Å²) in [7, 11) is 0. The minimum absolute atomic E-state index is 0.109. The number of rotatable bonds is 3. The van der Waals surface area contributed by atoms with Crippen LogP contribution in [-0.2, 0) is 4.74 Å². The van der Waals surface area contributed by atoms with Gasteiger partial charge in [0.05, 0.1) is 30.1 Å². The van der Waals surface area contributed by atoms with Crippen molar-refractivity contribution in [3.8, 4) is 0 Å². The van der Waals surface area contributed by atoms with Crippen LogP contribution in [0.25, 0.3) is 0 Å². The lowest BCUT2D eigenvalue weighted by Gasteiger charge is -2.21. The molecule has 2 saturated heterocycles. The van der Waals surface area contributed by atoms with Crippen molar-refractivity contribution in [2.24, 2.45) is 0 Å². The number of nitrogens with one attached hydrogen (secondary N) is 1. The normalized spacial score (nSPS) is 29.4. The zero-order chi connectivity index (χ0) is 12.7. The van der Waals surface area contributed by atoms with Crippen molar-refractivity contribution in [2.75, 3.05) is 11.1 Å². The zero-order valence-electron chi connectivity index (χ0n) is 9.80. The van der Waals surface area contributed by atoms with Crippen LogP contribution in [-0.4, -0.2) is 34.3 Å². The molecule has 3 heterocycles. The number of anilines is 2. The van der Waals surface area contributed by atoms with Gasteiger partial charge in [-0.1, -0.05) is 0 Å². The lowest BCUT2D eigenvalue weighted by Crippen LogP contribution is -2.31. The van der Waals surface area contributed by atoms with Crippen LogP contribution in [0.3, 0.4) is 0 Å². The van der Waals surface area contributed by atoms with E-state index in [1.807, 2.05) is 0 Å². The van der Waals surface area contributed by atoms with E-state index in [2.05, 4.69) is 10.3 Å². The van der Waals surface area contributed by atoms with Gasteiger partial charge in [-0.25, -0.2) is 9.78 Å². The minimum atomic E-state index is -1.03. The van der Waals surface area contributed by atoms with E-state index in [9.17, 15) is 4.79 Å². The van der Waals surface area contributed by atoms with Gasteiger partial charge >= 0.3 is 5.97 Å². The van der Waals surface area contributed by atoms with E-state index in [1.54, 1.807) is 0 Å². The van der Waals surface area contributed by atoms with Gasteiger partial charge in [0.2, 0.25) is 0 Å². The fourth-order valence-corrected chi connectivity index (χ4v) is 2.72. The molecule has 0 aromatic carbocycles. The van der Waals surface area contributed by atoms with E-state index in [0.717, 1.165) is 19.3 Å². The molecule has 0 radical (unpaired) electrons. The third-order valence-corrected chi connectivity index (χ3v) is 3.57. The number of hydrogen-bond donors (Lipinski definition) is 3. The number of hydrogen-bond acceptors (Lipinski definition) is 5. The Balaban J connectivity index is 1.82. The molecule has 4 N–H and O–H groups in total. The maximum atomic E-state index is 11.1. The average molecular weight is 249 g/mol. The molecule has 3 rings (SSSR count). The number of nitrogens with two attached hydrogens (primary N) is 1. The number of aromatic nitrogens is 1. The summed E-state index contributed by atoms with van der Waals surface area (Å²) < 4.78 is 5.72. The summed E-state index contributed by atoms with van der Waals surface area (Å²) in [5, 5.41) is 12.3. The van der Waals surface area contributed by atoms with Gasteiger partial charge in [0.15, 0.2) is 0 Å². The molecule has 6 heteroatoms. The van der Waals surface area contributed by atoms with Gasteiger partial charge in [0.25, 0.3) is 0 Å². The monoisotopic (exact) mass is 249 g/mol. The molecule has 6 nitrogen and oxygen atoms in total. The molecule has 1 aromatic heterocycles. The van der Waals surface area contributed by atoms with Crippen LogP contribution in [0.5, 0.6) is 0 Å². The van der Waals surface area contributed by atoms with Crippen LogP contribution in [0.4, 0.5) is 11.5 Å². The lowest BCUT2D eigenvalue weighted by atomic mass is 9.95. The van der Waals surface area contributed by atoms with Crippen LogP contribution >= 0.6 is 0 Å². The molecule has 2 aliphatic rings. The average Bonchev–Trinajstić information content (AvgIpc) is 2.93. The van der Waals surface area contributed by atoms with E-state index >= 15 is 0 Å². The highest BCUT2D eigenvalue weighted by molar-refractivity contribution is 5.94. The first-order valence-corrected chi connectivity index (χ1v) is 6.04. The third kappa shape index (κ3) is 1.88. The van der Waals surface area contributed by atoms with Gasteiger partial charge in [-0.3, -0.25) is 0 Å². The first-order chi connectivity index (χ1) is 8.63. The number of nitrogens with zero attached hydrogens (tertiary/aromatic N) is 1. The molecule has 3 atom stereocenters. The van der Waals surface area contributed by atoms with Gasteiger partial charge < -0.3 is 20.9 Å². The Morgan fingerprint density at radius 1 is 1.56 bits per heavy atom. The number of nitrogen functional groups attached to an aromatic ring is 1. The molecule has 1 aromatic rings. The number of aromatic carboxylic acids is 1. The summed E-state index contributed by atoms with van der Waals surface area (Å²) in [5.41, 5.74) is 6.01. The third-order valence-electron chi connectivity index (χ3n) is 3.57. The maximum Gasteiger partial charge on any atom is 0.339 e. The van der Waals surface area contributed by atoms with E-state index in [0.29, 0.717) is 17.6 Å². The molecule has 3 unspecified atom stereocenters. The summed E-state index contributed by atoms with van der Waals surface area (Å²) in [6.07, 6.45) is 4.99. The second kappa shape index (κ2) is 4.13. The Morgan fingerprint density at radius 3 is 3.00 bits per heavy atom. The molecular formula is C12H15N3O3. The van der Waals surface area contributed by atoms with Gasteiger partial charge in [0.1, 0.15) is 11.4 Å². The number of carboxylic acid groups (broad SMARTS) is 1. The number of carbonyl (C=O) groups is 1. The van der Waals surface area contributed by atoms with Gasteiger partial charge in [-0.05, 0) is 25.3 Å². The van der Waals surface area contributed by atoms with Crippen molar-refractivity contribution in [2.45, 2.75) is 37.5 Å². The smallest absolute Gasteiger partial charge is 0.339 e. The zero-order valence-corrected chi connectivity index (χ0v) is 9.80. The lowest BCUT2D eigenvalue weighted by molar-refractivity contribution is 0.0697. The molecule has 2 bridgehead atoms. The molecule has 0 saturated carbocycles. The molecule has 96 valence electrons. The molecular weight excluding hydrogens is 234 g/mol. The molecule has 0 amide bonds. The summed E-state index contributed by atoms with van der Waals surface area (Å²) >= 11 is 0. The van der Waals surface area contributed by atoms with Gasteiger partial charge in [-0.2, -0.15) is 0 Å². The number of fused-ring (bicyclic) bond motifs is 2. The highest BCUT2D eigenvalue weighted by atomic mass is 16.5. The first-order valence-electron chi connectivity index (χ1n) is 6.04. The van der Waals surface area contributed by atoms with Gasteiger partial charge in [0, 0.05) is 0 Å². The summed E-state index contributed by atoms with van der Waals surface area (Å²) in [5.74, 6) is -0.653. The van der Waals surface area contributed by atoms with Crippen LogP contribution in [0.15, 0.2) is 12.3 Å². The van der Waals surface area contributed by atoms with Crippen molar-refractivity contribution in [1.82, 2.24) is 4.98 Å². The predicted octanol–water partition coefficient (Wildman–Crippen LogP) is 1.09. The standard InChI is InChI=1S/C12H15N3O3/c13-6-3-8(12(16)17)11(14-5-6)15-9-4-7-1-2-10(9)18-7/h3,5,7,9-10H,1-2,4,13H2,(H,14,15)(H,16,17). The van der Waals surface area contributed by atoms with E-state index in [-0.39, 0.29) is 17.7 Å². The SMILES string of the molecule is Nc1cnc(NC2CC3CCC2O3)c(C(=O)O)c1. The Kier molecular flexibility index (Phi) is 2.59. The largest absolute Gasteiger partial charge is 0.478 e. The van der Waals surface area contributed by atoms with Crippen molar-refractivity contribution >= 4 is 17.5 Å². The first kappa shape index (κ1) is 11.3. The predicted molar refractivity (Wildman–Crippen MR) is 65.5 cm³/mol. The minimum Gasteiger partial charge on any atom is -0.478 e. The Hall–Kier alpha value is -1.82. The molecule has 2 aliphatic heterocycles. The Labute approximate surface area is 104 Å². The Morgan fingerprint density at radius 2 is 2.39 bits per heavy atom. The summed E-state index contributed by atoms with van der Waals surface area (Å²) in [6.45, 7) is 0. The highest BCUT2D eigenvalue weighted by Gasteiger charge is 2.41. The van der Waals surface area contributed by atoms with Crippen molar-refractivity contribution in [3.05, 3.63) is 17.8 Å². The highest BCUT2D eigenvalue weighted by Crippen LogP contribution is 2.36. The fourth-order valence-electron chi connectivity index (χ4n) is 2.72. The van der Waals surface area contributed by atoms with E-state index in [1.165, 1.54) is 12.3 Å². The molecule has 18 heavy (non-hydrogen) atoms. The van der Waals surface area contributed by atoms with Crippen molar-refractivity contribution < 1.29 is 14.6 Å². The van der Waals surface area contributed by atoms with Crippen molar-refractivity contribution in [3.63, 3.8) is 0 Å². The molecule has 2 fully saturated rings. The topological polar surface area (TPSA) is 97.5 Å². The maximum absolute atomic E-state index is 11.1. The second-order valence-corrected chi connectivity index (χ2v) is 4.83. The fraction of sp³-hybridized carbons (Fsp3) is 0.500. The van der Waals surface area contributed by atoms with E-state index in [4.69, 9.17) is 15.6 Å². The van der Waals surface area contributed by atoms with Crippen LogP contribution in [0.2, 0.25) is 0 Å². The number of pyridine rings is 1. The molecule has 0 aliphatic carbocycles. The summed E-state index contributed by atoms with van der Waals surface area (Å²) in [4.78, 5) is 15.2. The summed E-state index contributed by atoms with van der Waals surface area (Å²) in [6, 6.07) is 1.57. The van der Waals surface area contributed by atoms with Crippen molar-refractivity contribution in [1.29, 1.82) is 0 Å². The van der Waals surface area contributed by atoms with E-state index < -0.39 is 5.97 Å². The number of ether oxygens (including phenoxy) is 1. The quantitative estimate of drug-likeness (QED) is 0.742. The second-order valence-electron chi connectivity index (χ2n) is 4.83.